The number of benzene rings is 1. The molecule has 6 unspecified atom stereocenters. The maximum atomic E-state index is 14.2. The molecule has 0 spiro atoms. The van der Waals surface area contributed by atoms with Crippen molar-refractivity contribution in [2.45, 2.75) is 120 Å². The average molecular weight is 546 g/mol. The Morgan fingerprint density at radius 1 is 0.900 bits per heavy atom. The lowest BCUT2D eigenvalue weighted by Crippen LogP contribution is -2.68. The molecule has 5 aliphatic rings. The molecule has 5 fully saturated rings. The highest BCUT2D eigenvalue weighted by atomic mass is 16.2. The molecule has 8 nitrogen and oxygen atoms in total. The number of carbonyl (C=O) groups excluding carboxylic acids is 2. The van der Waals surface area contributed by atoms with Crippen molar-refractivity contribution in [1.29, 1.82) is 0 Å². The van der Waals surface area contributed by atoms with Gasteiger partial charge in [0.1, 0.15) is 12.3 Å². The Bertz CT molecular complexity index is 1310. The first-order chi connectivity index (χ1) is 19.5. The summed E-state index contributed by atoms with van der Waals surface area (Å²) in [5.41, 5.74) is 1.57. The second kappa shape index (κ2) is 10.6. The molecule has 40 heavy (non-hydrogen) atoms. The van der Waals surface area contributed by atoms with Crippen LogP contribution in [0.2, 0.25) is 0 Å². The zero-order valence-corrected chi connectivity index (χ0v) is 23.7. The number of hydrogen-bond acceptors (Lipinski definition) is 6. The summed E-state index contributed by atoms with van der Waals surface area (Å²) in [7, 11) is 0. The highest BCUT2D eigenvalue weighted by Gasteiger charge is 2.46. The highest BCUT2D eigenvalue weighted by Crippen LogP contribution is 2.47. The summed E-state index contributed by atoms with van der Waals surface area (Å²) in [6.45, 7) is 1.87. The number of nitrogens with one attached hydrogen (secondary N) is 1. The lowest BCUT2D eigenvalue weighted by Gasteiger charge is -2.54. The van der Waals surface area contributed by atoms with Gasteiger partial charge >= 0.3 is 0 Å². The number of amides is 1. The third-order valence-corrected chi connectivity index (χ3v) is 10.9. The van der Waals surface area contributed by atoms with E-state index in [0.29, 0.717) is 30.5 Å². The minimum Gasteiger partial charge on any atom is -0.349 e. The van der Waals surface area contributed by atoms with Gasteiger partial charge in [0.05, 0.1) is 17.1 Å². The van der Waals surface area contributed by atoms with Crippen LogP contribution in [-0.4, -0.2) is 63.4 Å². The van der Waals surface area contributed by atoms with Gasteiger partial charge in [-0.1, -0.05) is 44.2 Å². The van der Waals surface area contributed by atoms with Crippen LogP contribution in [0.5, 0.6) is 0 Å². The molecule has 1 amide bonds. The van der Waals surface area contributed by atoms with E-state index in [-0.39, 0.29) is 23.6 Å². The molecule has 1 aromatic heterocycles. The summed E-state index contributed by atoms with van der Waals surface area (Å²) in [5.74, 6) is 1.97. The van der Waals surface area contributed by atoms with Gasteiger partial charge in [0.25, 0.3) is 5.56 Å². The van der Waals surface area contributed by atoms with Crippen LogP contribution in [0.1, 0.15) is 90.0 Å². The Balaban J connectivity index is 1.20. The van der Waals surface area contributed by atoms with Crippen molar-refractivity contribution < 1.29 is 9.59 Å². The van der Waals surface area contributed by atoms with Crippen molar-refractivity contribution in [2.24, 2.45) is 11.8 Å². The topological polar surface area (TPSA) is 87.5 Å². The molecular formula is C32H43N5O3. The van der Waals surface area contributed by atoms with Crippen molar-refractivity contribution in [3.8, 4) is 0 Å². The van der Waals surface area contributed by atoms with Gasteiger partial charge in [0.15, 0.2) is 5.82 Å². The van der Waals surface area contributed by atoms with Crippen molar-refractivity contribution in [3.05, 3.63) is 34.6 Å². The molecule has 2 saturated carbocycles. The predicted octanol–water partition coefficient (Wildman–Crippen LogP) is 4.21. The Kier molecular flexibility index (Phi) is 6.93. The Morgan fingerprint density at radius 3 is 2.27 bits per heavy atom. The molecule has 1 N–H and O–H groups in total. The molecule has 0 radical (unpaired) electrons. The molecule has 3 saturated heterocycles. The second-order valence-corrected chi connectivity index (χ2v) is 13.4. The highest BCUT2D eigenvalue weighted by molar-refractivity contribution is 5.80. The van der Waals surface area contributed by atoms with Gasteiger partial charge < -0.3 is 19.6 Å². The lowest BCUT2D eigenvalue weighted by molar-refractivity contribution is -0.120. The first kappa shape index (κ1) is 26.2. The number of aldehydes is 1. The molecule has 3 aliphatic heterocycles. The summed E-state index contributed by atoms with van der Waals surface area (Å²) in [5, 5.41) is 2.84. The zero-order chi connectivity index (χ0) is 27.4. The predicted molar refractivity (Wildman–Crippen MR) is 155 cm³/mol. The van der Waals surface area contributed by atoms with Crippen molar-refractivity contribution >= 4 is 29.0 Å². The van der Waals surface area contributed by atoms with Crippen molar-refractivity contribution in [1.82, 2.24) is 19.8 Å². The smallest absolute Gasteiger partial charge is 0.294 e. The quantitative estimate of drug-likeness (QED) is 0.567. The molecule has 8 heteroatoms. The van der Waals surface area contributed by atoms with Crippen LogP contribution in [0.15, 0.2) is 29.1 Å². The van der Waals surface area contributed by atoms with E-state index in [2.05, 4.69) is 10.2 Å². The average Bonchev–Trinajstić information content (AvgIpc) is 3.09. The molecule has 1 aromatic carbocycles. The van der Waals surface area contributed by atoms with E-state index < -0.39 is 6.04 Å². The van der Waals surface area contributed by atoms with E-state index in [1.165, 1.54) is 71.1 Å². The molecule has 214 valence electrons. The number of para-hydroxylation sites is 2. The number of piperidine rings is 2. The number of nitrogens with zero attached hydrogens (tertiary/aromatic N) is 4. The molecule has 2 aliphatic carbocycles. The maximum Gasteiger partial charge on any atom is 0.294 e. The summed E-state index contributed by atoms with van der Waals surface area (Å²) in [4.78, 5) is 47.3. The van der Waals surface area contributed by atoms with Gasteiger partial charge in [-0.05, 0) is 68.9 Å². The van der Waals surface area contributed by atoms with Gasteiger partial charge in [-0.25, -0.2) is 4.98 Å². The summed E-state index contributed by atoms with van der Waals surface area (Å²) in [6.07, 6.45) is 16.4. The first-order valence-electron chi connectivity index (χ1n) is 15.8. The van der Waals surface area contributed by atoms with E-state index in [0.717, 1.165) is 42.0 Å². The van der Waals surface area contributed by atoms with Crippen LogP contribution < -0.4 is 15.8 Å². The number of hydrogen-bond donors (Lipinski definition) is 1. The minimum absolute atomic E-state index is 0.105. The fourth-order valence-electron chi connectivity index (χ4n) is 9.31. The fourth-order valence-corrected chi connectivity index (χ4v) is 9.31. The molecule has 6 atom stereocenters. The number of carbonyl (C=O) groups is 2. The summed E-state index contributed by atoms with van der Waals surface area (Å²) >= 11 is 0. The van der Waals surface area contributed by atoms with Gasteiger partial charge in [0, 0.05) is 37.6 Å². The Morgan fingerprint density at radius 2 is 1.60 bits per heavy atom. The molecule has 7 rings (SSSR count). The number of aromatic nitrogens is 2. The number of fused-ring (bicyclic) bond motifs is 5. The van der Waals surface area contributed by atoms with Crippen molar-refractivity contribution in [2.75, 3.05) is 11.4 Å². The van der Waals surface area contributed by atoms with Gasteiger partial charge in [-0.15, -0.1) is 0 Å². The Labute approximate surface area is 236 Å². The van der Waals surface area contributed by atoms with E-state index in [1.807, 2.05) is 28.8 Å². The largest absolute Gasteiger partial charge is 0.349 e. The van der Waals surface area contributed by atoms with Gasteiger partial charge in [-0.2, -0.15) is 0 Å². The zero-order valence-electron chi connectivity index (χ0n) is 23.7. The van der Waals surface area contributed by atoms with Crippen LogP contribution >= 0.6 is 0 Å². The minimum atomic E-state index is -0.574. The van der Waals surface area contributed by atoms with Gasteiger partial charge in [0.2, 0.25) is 5.91 Å². The number of rotatable bonds is 5. The van der Waals surface area contributed by atoms with E-state index in [4.69, 9.17) is 4.98 Å². The standard InChI is InChI=1S/C32H43N5O3/c1-20(39)33-28-18-35(30(28)19-38)31-32(40)37(29-12-5-4-11-27(29)34-31)26-16-23-9-6-10-24(17-26)36(23)25-14-21-7-2-3-8-22(13-21)15-25/h4-5,11-12,19,21-26,28,30H,2-3,6-10,13-18H2,1H3,(H,33,39). The van der Waals surface area contributed by atoms with Crippen molar-refractivity contribution in [3.63, 3.8) is 0 Å². The second-order valence-electron chi connectivity index (χ2n) is 13.4. The molecule has 4 heterocycles. The van der Waals surface area contributed by atoms with Crippen LogP contribution in [0, 0.1) is 11.8 Å². The maximum absolute atomic E-state index is 14.2. The number of anilines is 1. The normalized spacial score (nSPS) is 36.0. The Hall–Kier alpha value is -2.74. The molecule has 4 bridgehead atoms. The summed E-state index contributed by atoms with van der Waals surface area (Å²) in [6, 6.07) is 8.96. The lowest BCUT2D eigenvalue weighted by atomic mass is 9.73. The third kappa shape index (κ3) is 4.56. The van der Waals surface area contributed by atoms with Gasteiger partial charge in [-0.3, -0.25) is 14.5 Å². The molecule has 2 aromatic rings. The van der Waals surface area contributed by atoms with Crippen LogP contribution in [0.3, 0.4) is 0 Å². The SMILES string of the molecule is CC(=O)NC1CN(c2nc3ccccc3n(C3CC4CCCC(C3)N4C3CC4CCCCC(C4)C3)c2=O)C1C=O. The summed E-state index contributed by atoms with van der Waals surface area (Å²) < 4.78 is 2.02. The monoisotopic (exact) mass is 545 g/mol. The first-order valence-corrected chi connectivity index (χ1v) is 15.8. The van der Waals surface area contributed by atoms with Crippen LogP contribution in [-0.2, 0) is 9.59 Å². The van der Waals surface area contributed by atoms with E-state index in [1.54, 1.807) is 4.90 Å². The van der Waals surface area contributed by atoms with E-state index >= 15 is 0 Å². The van der Waals surface area contributed by atoms with Crippen LogP contribution in [0.4, 0.5) is 5.82 Å². The third-order valence-electron chi connectivity index (χ3n) is 10.9. The fraction of sp³-hybridized carbons (Fsp3) is 0.688. The molecular weight excluding hydrogens is 502 g/mol. The van der Waals surface area contributed by atoms with E-state index in [9.17, 15) is 14.4 Å². The van der Waals surface area contributed by atoms with Crippen LogP contribution in [0.25, 0.3) is 11.0 Å².